The number of amides is 1. The molecule has 2 heterocycles. The summed E-state index contributed by atoms with van der Waals surface area (Å²) in [6.07, 6.45) is 2.43. The van der Waals surface area contributed by atoms with Gasteiger partial charge in [-0.25, -0.2) is 0 Å². The van der Waals surface area contributed by atoms with E-state index in [1.165, 1.54) is 24.0 Å². The summed E-state index contributed by atoms with van der Waals surface area (Å²) in [6.45, 7) is 14.3. The molecule has 1 N–H and O–H groups in total. The number of carbonyl (C=O) groups is 1. The van der Waals surface area contributed by atoms with E-state index >= 15 is 0 Å². The molecule has 1 aromatic carbocycles. The molecule has 0 atom stereocenters. The lowest BCUT2D eigenvalue weighted by atomic mass is 9.96. The third-order valence-electron chi connectivity index (χ3n) is 6.09. The highest BCUT2D eigenvalue weighted by molar-refractivity contribution is 5.80. The van der Waals surface area contributed by atoms with E-state index in [1.54, 1.807) is 6.92 Å². The number of guanidine groups is 1. The third kappa shape index (κ3) is 6.46. The van der Waals surface area contributed by atoms with Gasteiger partial charge in [0.25, 0.3) is 0 Å². The van der Waals surface area contributed by atoms with Gasteiger partial charge >= 0.3 is 0 Å². The van der Waals surface area contributed by atoms with E-state index in [4.69, 9.17) is 4.99 Å². The SMILES string of the molecule is CCNC(=NCC1CCN(Cc2ccc(C)cc2)CC1)N1CCN(C(C)=O)CC1. The Morgan fingerprint density at radius 3 is 2.24 bits per heavy atom. The molecule has 6 nitrogen and oxygen atoms in total. The highest BCUT2D eigenvalue weighted by atomic mass is 16.2. The summed E-state index contributed by atoms with van der Waals surface area (Å²) in [6, 6.07) is 8.91. The lowest BCUT2D eigenvalue weighted by molar-refractivity contribution is -0.130. The zero-order valence-electron chi connectivity index (χ0n) is 18.4. The number of rotatable bonds is 5. The smallest absolute Gasteiger partial charge is 0.219 e. The first-order valence-corrected chi connectivity index (χ1v) is 11.1. The van der Waals surface area contributed by atoms with Crippen molar-refractivity contribution < 1.29 is 4.79 Å². The number of hydrogen-bond donors (Lipinski definition) is 1. The van der Waals surface area contributed by atoms with Crippen molar-refractivity contribution in [1.82, 2.24) is 20.0 Å². The lowest BCUT2D eigenvalue weighted by Crippen LogP contribution is -2.53. The fourth-order valence-corrected chi connectivity index (χ4v) is 4.15. The van der Waals surface area contributed by atoms with Crippen molar-refractivity contribution in [2.75, 3.05) is 52.4 Å². The van der Waals surface area contributed by atoms with Gasteiger partial charge in [0.05, 0.1) is 0 Å². The van der Waals surface area contributed by atoms with Crippen molar-refractivity contribution in [2.45, 2.75) is 40.2 Å². The van der Waals surface area contributed by atoms with E-state index in [0.717, 1.165) is 64.9 Å². The van der Waals surface area contributed by atoms with E-state index in [9.17, 15) is 4.79 Å². The zero-order chi connectivity index (χ0) is 20.6. The molecule has 2 fully saturated rings. The molecule has 6 heteroatoms. The van der Waals surface area contributed by atoms with Gasteiger partial charge in [-0.2, -0.15) is 0 Å². The predicted molar refractivity (Wildman–Crippen MR) is 119 cm³/mol. The summed E-state index contributed by atoms with van der Waals surface area (Å²) in [5.74, 6) is 1.85. The van der Waals surface area contributed by atoms with Crippen LogP contribution in [0.2, 0.25) is 0 Å². The minimum Gasteiger partial charge on any atom is -0.357 e. The number of hydrogen-bond acceptors (Lipinski definition) is 3. The van der Waals surface area contributed by atoms with Gasteiger partial charge in [-0.15, -0.1) is 0 Å². The zero-order valence-corrected chi connectivity index (χ0v) is 18.4. The van der Waals surface area contributed by atoms with E-state index in [1.807, 2.05) is 4.90 Å². The Bertz CT molecular complexity index is 671. The number of aryl methyl sites for hydroxylation is 1. The van der Waals surface area contributed by atoms with Gasteiger partial charge in [0.1, 0.15) is 0 Å². The molecule has 0 spiro atoms. The van der Waals surface area contributed by atoms with Crippen LogP contribution in [0, 0.1) is 12.8 Å². The molecule has 2 aliphatic rings. The number of likely N-dealkylation sites (tertiary alicyclic amines) is 1. The van der Waals surface area contributed by atoms with Gasteiger partial charge in [0.2, 0.25) is 5.91 Å². The van der Waals surface area contributed by atoms with Crippen LogP contribution in [0.3, 0.4) is 0 Å². The molecule has 0 aromatic heterocycles. The predicted octanol–water partition coefficient (Wildman–Crippen LogP) is 2.34. The van der Waals surface area contributed by atoms with Crippen molar-refractivity contribution >= 4 is 11.9 Å². The van der Waals surface area contributed by atoms with Crippen LogP contribution < -0.4 is 5.32 Å². The van der Waals surface area contributed by atoms with Gasteiger partial charge < -0.3 is 15.1 Å². The standard InChI is InChI=1S/C23H37N5O/c1-4-24-23(28-15-13-27(14-16-28)20(3)29)25-17-21-9-11-26(12-10-21)18-22-7-5-19(2)6-8-22/h5-8,21H,4,9-18H2,1-3H3,(H,24,25). The molecule has 0 radical (unpaired) electrons. The first kappa shape index (κ1) is 21.6. The van der Waals surface area contributed by atoms with Gasteiger partial charge in [0.15, 0.2) is 5.96 Å². The minimum atomic E-state index is 0.170. The summed E-state index contributed by atoms with van der Waals surface area (Å²) < 4.78 is 0. The second kappa shape index (κ2) is 10.6. The minimum absolute atomic E-state index is 0.170. The van der Waals surface area contributed by atoms with Crippen molar-refractivity contribution in [3.05, 3.63) is 35.4 Å². The average molecular weight is 400 g/mol. The Balaban J connectivity index is 1.45. The molecular weight excluding hydrogens is 362 g/mol. The maximum absolute atomic E-state index is 11.5. The second-order valence-corrected chi connectivity index (χ2v) is 8.39. The van der Waals surface area contributed by atoms with E-state index in [-0.39, 0.29) is 5.91 Å². The summed E-state index contributed by atoms with van der Waals surface area (Å²) in [4.78, 5) is 23.3. The first-order chi connectivity index (χ1) is 14.0. The Hall–Kier alpha value is -2.08. The summed E-state index contributed by atoms with van der Waals surface area (Å²) in [5.41, 5.74) is 2.73. The molecule has 3 rings (SSSR count). The average Bonchev–Trinajstić information content (AvgIpc) is 2.74. The van der Waals surface area contributed by atoms with E-state index in [0.29, 0.717) is 5.92 Å². The molecule has 2 aliphatic heterocycles. The molecule has 1 amide bonds. The van der Waals surface area contributed by atoms with Crippen molar-refractivity contribution in [1.29, 1.82) is 0 Å². The molecule has 1 aromatic rings. The third-order valence-corrected chi connectivity index (χ3v) is 6.09. The fourth-order valence-electron chi connectivity index (χ4n) is 4.15. The summed E-state index contributed by atoms with van der Waals surface area (Å²) in [7, 11) is 0. The van der Waals surface area contributed by atoms with Crippen LogP contribution in [-0.2, 0) is 11.3 Å². The Morgan fingerprint density at radius 2 is 1.66 bits per heavy atom. The molecule has 0 aliphatic carbocycles. The number of carbonyl (C=O) groups excluding carboxylic acids is 1. The van der Waals surface area contributed by atoms with Crippen molar-refractivity contribution in [2.24, 2.45) is 10.9 Å². The highest BCUT2D eigenvalue weighted by Crippen LogP contribution is 2.20. The van der Waals surface area contributed by atoms with Gasteiger partial charge in [0, 0.05) is 52.7 Å². The Morgan fingerprint density at radius 1 is 1.03 bits per heavy atom. The van der Waals surface area contributed by atoms with Crippen LogP contribution in [0.25, 0.3) is 0 Å². The molecule has 0 saturated carbocycles. The number of nitrogens with one attached hydrogen (secondary N) is 1. The maximum atomic E-state index is 11.5. The monoisotopic (exact) mass is 399 g/mol. The molecule has 2 saturated heterocycles. The lowest BCUT2D eigenvalue weighted by Gasteiger charge is -2.36. The van der Waals surface area contributed by atoms with Crippen LogP contribution in [-0.4, -0.2) is 78.9 Å². The van der Waals surface area contributed by atoms with E-state index < -0.39 is 0 Å². The fraction of sp³-hybridized carbons (Fsp3) is 0.652. The van der Waals surface area contributed by atoms with Crippen LogP contribution >= 0.6 is 0 Å². The van der Waals surface area contributed by atoms with E-state index in [2.05, 4.69) is 53.2 Å². The summed E-state index contributed by atoms with van der Waals surface area (Å²) in [5, 5.41) is 3.44. The maximum Gasteiger partial charge on any atom is 0.219 e. The van der Waals surface area contributed by atoms with Crippen molar-refractivity contribution in [3.63, 3.8) is 0 Å². The molecule has 160 valence electrons. The quantitative estimate of drug-likeness (QED) is 0.610. The highest BCUT2D eigenvalue weighted by Gasteiger charge is 2.22. The molecule has 29 heavy (non-hydrogen) atoms. The molecule has 0 bridgehead atoms. The topological polar surface area (TPSA) is 51.2 Å². The summed E-state index contributed by atoms with van der Waals surface area (Å²) >= 11 is 0. The van der Waals surface area contributed by atoms with Crippen molar-refractivity contribution in [3.8, 4) is 0 Å². The normalized spacial score (nSPS) is 19.5. The number of nitrogens with zero attached hydrogens (tertiary/aromatic N) is 4. The molecular formula is C23H37N5O. The van der Waals surface area contributed by atoms with Gasteiger partial charge in [-0.05, 0) is 51.3 Å². The Labute approximate surface area is 176 Å². The molecule has 0 unspecified atom stereocenters. The second-order valence-electron chi connectivity index (χ2n) is 8.39. The largest absolute Gasteiger partial charge is 0.357 e. The van der Waals surface area contributed by atoms with Crippen LogP contribution in [0.4, 0.5) is 0 Å². The van der Waals surface area contributed by atoms with Crippen LogP contribution in [0.15, 0.2) is 29.3 Å². The number of piperazine rings is 1. The first-order valence-electron chi connectivity index (χ1n) is 11.1. The number of benzene rings is 1. The van der Waals surface area contributed by atoms with Crippen LogP contribution in [0.5, 0.6) is 0 Å². The number of piperidine rings is 1. The van der Waals surface area contributed by atoms with Gasteiger partial charge in [-0.1, -0.05) is 29.8 Å². The number of aliphatic imine (C=N–C) groups is 1. The van der Waals surface area contributed by atoms with Gasteiger partial charge in [-0.3, -0.25) is 14.7 Å². The van der Waals surface area contributed by atoms with Crippen LogP contribution in [0.1, 0.15) is 37.8 Å². The Kier molecular flexibility index (Phi) is 7.92.